The number of aliphatic hydroxyl groups is 2. The number of methoxy groups -OCH3 is 1. The zero-order valence-corrected chi connectivity index (χ0v) is 5.38. The highest BCUT2D eigenvalue weighted by Gasteiger charge is 2.23. The first-order chi connectivity index (χ1) is 3.48. The van der Waals surface area contributed by atoms with Gasteiger partial charge < -0.3 is 14.9 Å². The van der Waals surface area contributed by atoms with Crippen molar-refractivity contribution in [1.82, 2.24) is 0 Å². The summed E-state index contributed by atoms with van der Waals surface area (Å²) in [5, 5.41) is 17.6. The molecule has 0 aliphatic heterocycles. The van der Waals surface area contributed by atoms with Gasteiger partial charge in [0.2, 0.25) is 0 Å². The van der Waals surface area contributed by atoms with Crippen LogP contribution >= 0.6 is 0 Å². The van der Waals surface area contributed by atoms with Crippen molar-refractivity contribution in [3.63, 3.8) is 0 Å². The van der Waals surface area contributed by atoms with Gasteiger partial charge in [0, 0.05) is 7.11 Å². The maximum atomic E-state index is 8.91. The average Bonchev–Trinajstić information content (AvgIpc) is 1.62. The van der Waals surface area contributed by atoms with Crippen LogP contribution in [0.4, 0.5) is 0 Å². The minimum absolute atomic E-state index is 1.09. The summed E-state index contributed by atoms with van der Waals surface area (Å²) in [4.78, 5) is 0. The van der Waals surface area contributed by atoms with E-state index in [1.165, 1.54) is 21.0 Å². The number of ether oxygens (including phenoxy) is 1. The molecule has 0 heterocycles. The van der Waals surface area contributed by atoms with Crippen LogP contribution in [-0.4, -0.2) is 29.2 Å². The van der Waals surface area contributed by atoms with E-state index in [1.807, 2.05) is 0 Å². The first kappa shape index (κ1) is 7.88. The maximum Gasteiger partial charge on any atom is 0.182 e. The Kier molecular flexibility index (Phi) is 2.40. The van der Waals surface area contributed by atoms with Crippen molar-refractivity contribution in [2.24, 2.45) is 0 Å². The van der Waals surface area contributed by atoms with Crippen molar-refractivity contribution in [2.75, 3.05) is 7.11 Å². The van der Waals surface area contributed by atoms with Gasteiger partial charge >= 0.3 is 0 Å². The van der Waals surface area contributed by atoms with Gasteiger partial charge in [-0.2, -0.15) is 0 Å². The second-order valence-corrected chi connectivity index (χ2v) is 2.24. The van der Waals surface area contributed by atoms with Gasteiger partial charge in [0.05, 0.1) is 0 Å². The Morgan fingerprint density at radius 1 is 1.50 bits per heavy atom. The molecule has 0 aromatic carbocycles. The van der Waals surface area contributed by atoms with Crippen LogP contribution in [0.2, 0.25) is 0 Å². The third-order valence-electron chi connectivity index (χ3n) is 0.828. The molecule has 0 aliphatic rings. The maximum absolute atomic E-state index is 8.91. The minimum atomic E-state index is -1.16. The van der Waals surface area contributed by atoms with Gasteiger partial charge in [0.25, 0.3) is 0 Å². The van der Waals surface area contributed by atoms with Crippen LogP contribution in [0.1, 0.15) is 13.8 Å². The van der Waals surface area contributed by atoms with Crippen molar-refractivity contribution in [3.05, 3.63) is 0 Å². The van der Waals surface area contributed by atoms with E-state index in [0.29, 0.717) is 0 Å². The predicted octanol–water partition coefficient (Wildman–Crippen LogP) is -0.278. The lowest BCUT2D eigenvalue weighted by molar-refractivity contribution is -0.184. The van der Waals surface area contributed by atoms with Crippen LogP contribution in [-0.2, 0) is 4.74 Å². The molecule has 0 spiro atoms. The van der Waals surface area contributed by atoms with Crippen molar-refractivity contribution in [2.45, 2.75) is 25.7 Å². The van der Waals surface area contributed by atoms with E-state index >= 15 is 0 Å². The Hall–Kier alpha value is -0.120. The van der Waals surface area contributed by atoms with Crippen LogP contribution in [0.25, 0.3) is 0 Å². The fourth-order valence-corrected chi connectivity index (χ4v) is 0.288. The van der Waals surface area contributed by atoms with Gasteiger partial charge in [0.1, 0.15) is 5.60 Å². The fourth-order valence-electron chi connectivity index (χ4n) is 0.288. The summed E-state index contributed by atoms with van der Waals surface area (Å²) in [7, 11) is 1.34. The number of hydrogen-bond donors (Lipinski definition) is 2. The summed E-state index contributed by atoms with van der Waals surface area (Å²) in [6.45, 7) is 2.95. The molecule has 0 aliphatic carbocycles. The zero-order valence-electron chi connectivity index (χ0n) is 5.38. The topological polar surface area (TPSA) is 49.7 Å². The van der Waals surface area contributed by atoms with Crippen LogP contribution in [0.15, 0.2) is 0 Å². The van der Waals surface area contributed by atoms with Gasteiger partial charge in [-0.15, -0.1) is 0 Å². The molecule has 0 rings (SSSR count). The Balaban J connectivity index is 3.62. The van der Waals surface area contributed by atoms with Gasteiger partial charge in [-0.1, -0.05) is 0 Å². The van der Waals surface area contributed by atoms with E-state index in [4.69, 9.17) is 10.2 Å². The van der Waals surface area contributed by atoms with E-state index in [1.54, 1.807) is 0 Å². The number of aliphatic hydroxyl groups excluding tert-OH is 1. The van der Waals surface area contributed by atoms with Crippen LogP contribution < -0.4 is 0 Å². The van der Waals surface area contributed by atoms with Gasteiger partial charge in [-0.05, 0) is 13.8 Å². The normalized spacial score (nSPS) is 16.1. The van der Waals surface area contributed by atoms with Crippen molar-refractivity contribution < 1.29 is 14.9 Å². The first-order valence-corrected chi connectivity index (χ1v) is 2.41. The molecule has 0 fully saturated rings. The molecule has 3 heteroatoms. The molecule has 8 heavy (non-hydrogen) atoms. The molecule has 0 saturated carbocycles. The van der Waals surface area contributed by atoms with Crippen LogP contribution in [0, 0.1) is 0 Å². The second-order valence-electron chi connectivity index (χ2n) is 2.24. The number of rotatable bonds is 2. The zero-order chi connectivity index (χ0) is 6.78. The highest BCUT2D eigenvalue weighted by Crippen LogP contribution is 2.07. The highest BCUT2D eigenvalue weighted by atomic mass is 16.6. The number of hydrogen-bond acceptors (Lipinski definition) is 3. The van der Waals surface area contributed by atoms with Crippen LogP contribution in [0.5, 0.6) is 0 Å². The Labute approximate surface area is 48.9 Å². The lowest BCUT2D eigenvalue weighted by atomic mass is 10.1. The van der Waals surface area contributed by atoms with Gasteiger partial charge in [-0.3, -0.25) is 0 Å². The Bertz CT molecular complexity index is 64.6. The summed E-state index contributed by atoms with van der Waals surface area (Å²) in [6, 6.07) is 0. The summed E-state index contributed by atoms with van der Waals surface area (Å²) < 4.78 is 4.42. The quantitative estimate of drug-likeness (QED) is 0.493. The molecule has 1 atom stereocenters. The molecular weight excluding hydrogens is 108 g/mol. The van der Waals surface area contributed by atoms with E-state index in [0.717, 1.165) is 0 Å². The highest BCUT2D eigenvalue weighted by molar-refractivity contribution is 4.66. The Morgan fingerprint density at radius 2 is 1.88 bits per heavy atom. The summed E-state index contributed by atoms with van der Waals surface area (Å²) in [5.41, 5.74) is -1.16. The van der Waals surface area contributed by atoms with Crippen molar-refractivity contribution >= 4 is 0 Å². The van der Waals surface area contributed by atoms with Gasteiger partial charge in [-0.25, -0.2) is 0 Å². The van der Waals surface area contributed by atoms with E-state index < -0.39 is 11.9 Å². The third-order valence-corrected chi connectivity index (χ3v) is 0.828. The predicted molar refractivity (Wildman–Crippen MR) is 29.3 cm³/mol. The molecular formula is C5H12O3. The first-order valence-electron chi connectivity index (χ1n) is 2.41. The minimum Gasteiger partial charge on any atom is -0.385 e. The molecule has 50 valence electrons. The SMILES string of the molecule is CO[C@H](O)C(C)(C)O. The standard InChI is InChI=1S/C5H12O3/c1-5(2,7)4(6)8-3/h4,6-7H,1-3H3/t4-/m0/s1. The van der Waals surface area contributed by atoms with Crippen LogP contribution in [0.3, 0.4) is 0 Å². The molecule has 2 N–H and O–H groups in total. The van der Waals surface area contributed by atoms with E-state index in [9.17, 15) is 0 Å². The molecule has 3 nitrogen and oxygen atoms in total. The largest absolute Gasteiger partial charge is 0.385 e. The third kappa shape index (κ3) is 2.26. The van der Waals surface area contributed by atoms with E-state index in [-0.39, 0.29) is 0 Å². The molecule has 0 radical (unpaired) electrons. The lowest BCUT2D eigenvalue weighted by Crippen LogP contribution is -2.36. The fraction of sp³-hybridized carbons (Fsp3) is 1.00. The summed E-state index contributed by atoms with van der Waals surface area (Å²) >= 11 is 0. The summed E-state index contributed by atoms with van der Waals surface area (Å²) in [6.07, 6.45) is -1.09. The lowest BCUT2D eigenvalue weighted by Gasteiger charge is -2.22. The van der Waals surface area contributed by atoms with Crippen molar-refractivity contribution in [3.8, 4) is 0 Å². The molecule has 0 amide bonds. The molecule has 0 aromatic heterocycles. The van der Waals surface area contributed by atoms with Crippen molar-refractivity contribution in [1.29, 1.82) is 0 Å². The molecule has 0 bridgehead atoms. The molecule has 0 unspecified atom stereocenters. The molecule has 0 saturated heterocycles. The summed E-state index contributed by atoms with van der Waals surface area (Å²) in [5.74, 6) is 0. The monoisotopic (exact) mass is 120 g/mol. The smallest absolute Gasteiger partial charge is 0.182 e. The van der Waals surface area contributed by atoms with E-state index in [2.05, 4.69) is 4.74 Å². The second kappa shape index (κ2) is 2.44. The average molecular weight is 120 g/mol. The molecule has 0 aromatic rings. The Morgan fingerprint density at radius 3 is 1.88 bits per heavy atom. The van der Waals surface area contributed by atoms with Gasteiger partial charge in [0.15, 0.2) is 6.29 Å².